The number of fused-ring (bicyclic) bond motifs is 1. The molecule has 39 heavy (non-hydrogen) atoms. The van der Waals surface area contributed by atoms with Crippen molar-refractivity contribution in [2.24, 2.45) is 0 Å². The van der Waals surface area contributed by atoms with E-state index in [9.17, 15) is 13.2 Å². The number of pyridine rings is 1. The Labute approximate surface area is 232 Å². The third-order valence-corrected chi connectivity index (χ3v) is 6.70. The minimum absolute atomic E-state index is 0.197. The van der Waals surface area contributed by atoms with Gasteiger partial charge in [-0.1, -0.05) is 38.4 Å². The third-order valence-electron chi connectivity index (χ3n) is 5.90. The Bertz CT molecular complexity index is 1690. The Morgan fingerprint density at radius 3 is 2.38 bits per heavy atom. The zero-order valence-electron chi connectivity index (χ0n) is 22.4. The van der Waals surface area contributed by atoms with Gasteiger partial charge in [-0.15, -0.1) is 0 Å². The number of rotatable bonds is 7. The number of aromatic nitrogens is 3. The van der Waals surface area contributed by atoms with Crippen molar-refractivity contribution in [2.45, 2.75) is 33.1 Å². The summed E-state index contributed by atoms with van der Waals surface area (Å²) in [6.07, 6.45) is 2.47. The molecule has 0 aliphatic rings. The zero-order valence-corrected chi connectivity index (χ0v) is 24.0. The maximum Gasteiger partial charge on any atom is 0.255 e. The van der Waals surface area contributed by atoms with Crippen molar-refractivity contribution in [3.8, 4) is 5.75 Å². The van der Waals surface area contributed by atoms with Gasteiger partial charge in [-0.05, 0) is 59.9 Å². The highest BCUT2D eigenvalue weighted by atomic mass is 35.5. The van der Waals surface area contributed by atoms with E-state index >= 15 is 0 Å². The standard InChI is InChI=1S/C27H29ClN6O4S/c1-15-7-8-16(11-19(15)31-25-23-18(29-14-30-25)9-10-22(28)33-23)26(35)32-20-12-17(27(2,3)4)13-21(24(20)38-5)34-39(6,36)37/h7-14,34H,1-6H3,(H,32,35)(H,29,30,31). The molecular formula is C27H29ClN6O4S. The van der Waals surface area contributed by atoms with Crippen LogP contribution in [-0.4, -0.2) is 42.6 Å². The highest BCUT2D eigenvalue weighted by Crippen LogP contribution is 2.39. The number of benzene rings is 2. The molecule has 0 saturated carbocycles. The van der Waals surface area contributed by atoms with Gasteiger partial charge in [0, 0.05) is 11.3 Å². The normalized spacial score (nSPS) is 11.8. The number of anilines is 4. The van der Waals surface area contributed by atoms with Gasteiger partial charge in [-0.3, -0.25) is 9.52 Å². The molecule has 12 heteroatoms. The van der Waals surface area contributed by atoms with Crippen LogP contribution in [-0.2, 0) is 15.4 Å². The van der Waals surface area contributed by atoms with Crippen molar-refractivity contribution in [1.82, 2.24) is 15.0 Å². The van der Waals surface area contributed by atoms with Crippen LogP contribution >= 0.6 is 11.6 Å². The molecule has 3 N–H and O–H groups in total. The quantitative estimate of drug-likeness (QED) is 0.243. The van der Waals surface area contributed by atoms with Crippen molar-refractivity contribution >= 4 is 61.4 Å². The van der Waals surface area contributed by atoms with Crippen molar-refractivity contribution in [3.05, 3.63) is 70.6 Å². The number of methoxy groups -OCH3 is 1. The lowest BCUT2D eigenvalue weighted by Gasteiger charge is -2.24. The van der Waals surface area contributed by atoms with Crippen LogP contribution in [0.3, 0.4) is 0 Å². The van der Waals surface area contributed by atoms with Gasteiger partial charge >= 0.3 is 0 Å². The lowest BCUT2D eigenvalue weighted by Crippen LogP contribution is -2.18. The number of carbonyl (C=O) groups is 1. The fraction of sp³-hybridized carbons (Fsp3) is 0.259. The van der Waals surface area contributed by atoms with E-state index < -0.39 is 15.9 Å². The molecular weight excluding hydrogens is 540 g/mol. The summed E-state index contributed by atoms with van der Waals surface area (Å²) in [6, 6.07) is 12.1. The first-order valence-electron chi connectivity index (χ1n) is 11.9. The SMILES string of the molecule is COc1c(NC(=O)c2ccc(C)c(Nc3ncnc4ccc(Cl)nc34)c2)cc(C(C)(C)C)cc1NS(C)(=O)=O. The number of sulfonamides is 1. The van der Waals surface area contributed by atoms with Crippen molar-refractivity contribution < 1.29 is 17.9 Å². The highest BCUT2D eigenvalue weighted by Gasteiger charge is 2.23. The minimum Gasteiger partial charge on any atom is -0.492 e. The number of nitrogens with one attached hydrogen (secondary N) is 3. The van der Waals surface area contributed by atoms with Crippen molar-refractivity contribution in [1.29, 1.82) is 0 Å². The van der Waals surface area contributed by atoms with Gasteiger partial charge in [0.15, 0.2) is 11.6 Å². The van der Waals surface area contributed by atoms with E-state index in [1.54, 1.807) is 42.5 Å². The molecule has 0 saturated heterocycles. The smallest absolute Gasteiger partial charge is 0.255 e. The number of nitrogens with zero attached hydrogens (tertiary/aromatic N) is 3. The maximum atomic E-state index is 13.4. The fourth-order valence-electron chi connectivity index (χ4n) is 3.88. The molecule has 0 spiro atoms. The summed E-state index contributed by atoms with van der Waals surface area (Å²) >= 11 is 6.08. The molecule has 2 aromatic carbocycles. The monoisotopic (exact) mass is 568 g/mol. The number of carbonyl (C=O) groups excluding carboxylic acids is 1. The molecule has 0 aliphatic heterocycles. The second-order valence-corrected chi connectivity index (χ2v) is 12.2. The molecule has 0 aliphatic carbocycles. The summed E-state index contributed by atoms with van der Waals surface area (Å²) in [5.74, 6) is 0.225. The van der Waals surface area contributed by atoms with Crippen LogP contribution in [0.1, 0.15) is 42.3 Å². The van der Waals surface area contributed by atoms with Crippen LogP contribution in [0.15, 0.2) is 48.8 Å². The lowest BCUT2D eigenvalue weighted by molar-refractivity contribution is 0.102. The van der Waals surface area contributed by atoms with Gasteiger partial charge < -0.3 is 15.4 Å². The van der Waals surface area contributed by atoms with Gasteiger partial charge in [-0.2, -0.15) is 0 Å². The topological polar surface area (TPSA) is 135 Å². The molecule has 0 unspecified atom stereocenters. The van der Waals surface area contributed by atoms with E-state index in [1.807, 2.05) is 27.7 Å². The number of amides is 1. The van der Waals surface area contributed by atoms with Crippen LogP contribution in [0.5, 0.6) is 5.75 Å². The molecule has 10 nitrogen and oxygen atoms in total. The first-order valence-corrected chi connectivity index (χ1v) is 14.2. The average Bonchev–Trinajstić information content (AvgIpc) is 2.84. The molecule has 4 aromatic rings. The Kier molecular flexibility index (Phi) is 7.67. The predicted molar refractivity (Wildman–Crippen MR) is 155 cm³/mol. The van der Waals surface area contributed by atoms with E-state index in [0.29, 0.717) is 38.9 Å². The summed E-state index contributed by atoms with van der Waals surface area (Å²) in [5, 5.41) is 6.42. The molecule has 1 amide bonds. The molecule has 0 bridgehead atoms. The van der Waals surface area contributed by atoms with Gasteiger partial charge in [0.2, 0.25) is 10.0 Å². The number of hydrogen-bond acceptors (Lipinski definition) is 8. The number of aryl methyl sites for hydroxylation is 1. The van der Waals surface area contributed by atoms with Crippen LogP contribution in [0, 0.1) is 6.92 Å². The van der Waals surface area contributed by atoms with Crippen molar-refractivity contribution in [2.75, 3.05) is 28.7 Å². The van der Waals surface area contributed by atoms with E-state index in [-0.39, 0.29) is 16.9 Å². The fourth-order valence-corrected chi connectivity index (χ4v) is 4.58. The predicted octanol–water partition coefficient (Wildman–Crippen LogP) is 5.66. The first-order chi connectivity index (χ1) is 18.2. The van der Waals surface area contributed by atoms with Crippen molar-refractivity contribution in [3.63, 3.8) is 0 Å². The number of halogens is 1. The van der Waals surface area contributed by atoms with E-state index in [4.69, 9.17) is 16.3 Å². The van der Waals surface area contributed by atoms with E-state index in [2.05, 4.69) is 30.3 Å². The average molecular weight is 569 g/mol. The van der Waals surface area contributed by atoms with Crippen LogP contribution in [0.25, 0.3) is 11.0 Å². The lowest BCUT2D eigenvalue weighted by atomic mass is 9.86. The summed E-state index contributed by atoms with van der Waals surface area (Å²) in [6.45, 7) is 7.86. The Hall–Kier alpha value is -3.96. The van der Waals surface area contributed by atoms with Crippen LogP contribution < -0.4 is 20.1 Å². The molecule has 2 heterocycles. The molecule has 4 rings (SSSR count). The summed E-state index contributed by atoms with van der Waals surface area (Å²) in [7, 11) is -2.19. The summed E-state index contributed by atoms with van der Waals surface area (Å²) in [5.41, 5.74) is 4.00. The zero-order chi connectivity index (χ0) is 28.5. The van der Waals surface area contributed by atoms with Crippen LogP contribution in [0.4, 0.5) is 22.9 Å². The summed E-state index contributed by atoms with van der Waals surface area (Å²) < 4.78 is 32.0. The Morgan fingerprint density at radius 1 is 1.00 bits per heavy atom. The van der Waals surface area contributed by atoms with Crippen LogP contribution in [0.2, 0.25) is 5.15 Å². The van der Waals surface area contributed by atoms with Gasteiger partial charge in [0.05, 0.1) is 30.3 Å². The van der Waals surface area contributed by atoms with E-state index in [0.717, 1.165) is 17.4 Å². The molecule has 0 fully saturated rings. The Balaban J connectivity index is 1.71. The maximum absolute atomic E-state index is 13.4. The number of hydrogen-bond donors (Lipinski definition) is 3. The summed E-state index contributed by atoms with van der Waals surface area (Å²) in [4.78, 5) is 26.3. The van der Waals surface area contributed by atoms with E-state index in [1.165, 1.54) is 13.4 Å². The highest BCUT2D eigenvalue weighted by molar-refractivity contribution is 7.92. The second-order valence-electron chi connectivity index (χ2n) is 10.1. The number of ether oxygens (including phenoxy) is 1. The molecule has 2 aromatic heterocycles. The first kappa shape index (κ1) is 28.1. The molecule has 0 atom stereocenters. The Morgan fingerprint density at radius 2 is 1.72 bits per heavy atom. The molecule has 0 radical (unpaired) electrons. The van der Waals surface area contributed by atoms with Gasteiger partial charge in [0.25, 0.3) is 5.91 Å². The second kappa shape index (κ2) is 10.7. The molecule has 204 valence electrons. The van der Waals surface area contributed by atoms with Gasteiger partial charge in [-0.25, -0.2) is 23.4 Å². The minimum atomic E-state index is -3.60. The largest absolute Gasteiger partial charge is 0.492 e. The third kappa shape index (κ3) is 6.55. The van der Waals surface area contributed by atoms with Gasteiger partial charge in [0.1, 0.15) is 17.0 Å².